The average Bonchev–Trinajstić information content (AvgIpc) is 2.50. The zero-order valence-electron chi connectivity index (χ0n) is 12.4. The molecular weight excluding hydrogens is 332 g/mol. The van der Waals surface area contributed by atoms with Crippen molar-refractivity contribution in [1.82, 2.24) is 9.13 Å². The first-order valence-electron chi connectivity index (χ1n) is 6.28. The maximum absolute atomic E-state index is 13.3. The average molecular weight is 345 g/mol. The molecule has 2 aromatic rings. The fourth-order valence-electron chi connectivity index (χ4n) is 1.92. The van der Waals surface area contributed by atoms with E-state index in [-0.39, 0.29) is 5.69 Å². The largest absolute Gasteiger partial charge is 0.330 e. The Morgan fingerprint density at radius 2 is 1.70 bits per heavy atom. The SMILES string of the molecule is CN(c1ccc(F)c(F)c1)S(=O)(=O)c1cn(C)c(=O)n(C)c1=O. The lowest BCUT2D eigenvalue weighted by Gasteiger charge is -2.19. The molecule has 0 aliphatic rings. The van der Waals surface area contributed by atoms with E-state index in [0.29, 0.717) is 14.9 Å². The lowest BCUT2D eigenvalue weighted by Crippen LogP contribution is -2.42. The van der Waals surface area contributed by atoms with Crippen molar-refractivity contribution in [2.24, 2.45) is 14.1 Å². The molecule has 0 aliphatic carbocycles. The molecule has 23 heavy (non-hydrogen) atoms. The standard InChI is InChI=1S/C13H13F2N3O4S/c1-16-7-11(12(19)17(2)13(16)20)23(21,22)18(3)8-4-5-9(14)10(15)6-8/h4-7H,1-3H3. The smallest absolute Gasteiger partial charge is 0.302 e. The van der Waals surface area contributed by atoms with E-state index in [1.54, 1.807) is 0 Å². The van der Waals surface area contributed by atoms with Crippen molar-refractivity contribution in [3.63, 3.8) is 0 Å². The second kappa shape index (κ2) is 5.61. The van der Waals surface area contributed by atoms with Gasteiger partial charge in [0.05, 0.1) is 5.69 Å². The Balaban J connectivity index is 2.65. The molecule has 0 saturated carbocycles. The van der Waals surface area contributed by atoms with E-state index in [4.69, 9.17) is 0 Å². The molecule has 0 atom stereocenters. The first-order valence-corrected chi connectivity index (χ1v) is 7.72. The van der Waals surface area contributed by atoms with Crippen LogP contribution in [0.2, 0.25) is 0 Å². The quantitative estimate of drug-likeness (QED) is 0.795. The van der Waals surface area contributed by atoms with Crippen LogP contribution in [0.4, 0.5) is 14.5 Å². The molecule has 0 aliphatic heterocycles. The van der Waals surface area contributed by atoms with Gasteiger partial charge in [-0.25, -0.2) is 22.0 Å². The van der Waals surface area contributed by atoms with Crippen LogP contribution < -0.4 is 15.6 Å². The van der Waals surface area contributed by atoms with Crippen molar-refractivity contribution in [3.05, 3.63) is 56.9 Å². The normalized spacial score (nSPS) is 11.5. The number of hydrogen-bond donors (Lipinski definition) is 0. The molecule has 1 aromatic carbocycles. The van der Waals surface area contributed by atoms with E-state index >= 15 is 0 Å². The minimum Gasteiger partial charge on any atom is -0.302 e. The summed E-state index contributed by atoms with van der Waals surface area (Å²) in [6.45, 7) is 0. The minimum absolute atomic E-state index is 0.167. The third-order valence-electron chi connectivity index (χ3n) is 3.32. The van der Waals surface area contributed by atoms with Crippen LogP contribution >= 0.6 is 0 Å². The molecule has 0 amide bonds. The molecule has 1 aromatic heterocycles. The van der Waals surface area contributed by atoms with Crippen molar-refractivity contribution < 1.29 is 17.2 Å². The Bertz CT molecular complexity index is 995. The van der Waals surface area contributed by atoms with E-state index in [0.717, 1.165) is 37.0 Å². The Hall–Kier alpha value is -2.49. The number of anilines is 1. The monoisotopic (exact) mass is 345 g/mol. The highest BCUT2D eigenvalue weighted by Crippen LogP contribution is 2.21. The van der Waals surface area contributed by atoms with Crippen LogP contribution in [0, 0.1) is 11.6 Å². The van der Waals surface area contributed by atoms with Crippen LogP contribution in [0.5, 0.6) is 0 Å². The number of benzene rings is 1. The molecule has 0 fully saturated rings. The van der Waals surface area contributed by atoms with Gasteiger partial charge in [0.2, 0.25) is 0 Å². The number of sulfonamides is 1. The molecule has 0 spiro atoms. The van der Waals surface area contributed by atoms with Gasteiger partial charge in [0.25, 0.3) is 15.6 Å². The predicted molar refractivity (Wildman–Crippen MR) is 78.9 cm³/mol. The molecule has 0 saturated heterocycles. The number of nitrogens with zero attached hydrogens (tertiary/aromatic N) is 3. The Morgan fingerprint density at radius 1 is 1.09 bits per heavy atom. The Morgan fingerprint density at radius 3 is 2.26 bits per heavy atom. The lowest BCUT2D eigenvalue weighted by molar-refractivity contribution is 0.509. The summed E-state index contributed by atoms with van der Waals surface area (Å²) in [7, 11) is -0.843. The van der Waals surface area contributed by atoms with E-state index in [2.05, 4.69) is 0 Å². The lowest BCUT2D eigenvalue weighted by atomic mass is 10.3. The second-order valence-electron chi connectivity index (χ2n) is 4.82. The van der Waals surface area contributed by atoms with Gasteiger partial charge in [-0.15, -0.1) is 0 Å². The molecule has 0 radical (unpaired) electrons. The van der Waals surface area contributed by atoms with Crippen LogP contribution in [-0.4, -0.2) is 24.6 Å². The van der Waals surface area contributed by atoms with Gasteiger partial charge in [0, 0.05) is 33.4 Å². The summed E-state index contributed by atoms with van der Waals surface area (Å²) < 4.78 is 53.6. The number of aryl methyl sites for hydroxylation is 1. The van der Waals surface area contributed by atoms with Crippen LogP contribution in [0.3, 0.4) is 0 Å². The zero-order chi connectivity index (χ0) is 17.5. The van der Waals surface area contributed by atoms with Crippen molar-refractivity contribution in [2.45, 2.75) is 4.90 Å². The molecular formula is C13H13F2N3O4S. The van der Waals surface area contributed by atoms with Gasteiger partial charge in [0.1, 0.15) is 0 Å². The highest BCUT2D eigenvalue weighted by Gasteiger charge is 2.27. The Labute approximate surface area is 130 Å². The number of halogens is 2. The van der Waals surface area contributed by atoms with Crippen LogP contribution in [0.25, 0.3) is 0 Å². The van der Waals surface area contributed by atoms with Gasteiger partial charge in [0.15, 0.2) is 16.5 Å². The third-order valence-corrected chi connectivity index (χ3v) is 5.09. The third kappa shape index (κ3) is 2.77. The maximum Gasteiger partial charge on any atom is 0.330 e. The zero-order valence-corrected chi connectivity index (χ0v) is 13.3. The van der Waals surface area contributed by atoms with Crippen LogP contribution in [0.1, 0.15) is 0 Å². The highest BCUT2D eigenvalue weighted by atomic mass is 32.2. The first-order chi connectivity index (χ1) is 10.6. The fraction of sp³-hybridized carbons (Fsp3) is 0.231. The van der Waals surface area contributed by atoms with Gasteiger partial charge in [-0.2, -0.15) is 0 Å². The molecule has 2 rings (SSSR count). The van der Waals surface area contributed by atoms with Crippen molar-refractivity contribution in [3.8, 4) is 0 Å². The maximum atomic E-state index is 13.3. The van der Waals surface area contributed by atoms with Crippen molar-refractivity contribution in [1.29, 1.82) is 0 Å². The van der Waals surface area contributed by atoms with Crippen LogP contribution in [0.15, 0.2) is 38.9 Å². The summed E-state index contributed by atoms with van der Waals surface area (Å²) >= 11 is 0. The second-order valence-corrected chi connectivity index (χ2v) is 6.76. The molecule has 0 unspecified atom stereocenters. The van der Waals surface area contributed by atoms with Crippen LogP contribution in [-0.2, 0) is 24.1 Å². The van der Waals surface area contributed by atoms with Gasteiger partial charge in [-0.3, -0.25) is 13.7 Å². The summed E-state index contributed by atoms with van der Waals surface area (Å²) in [5.74, 6) is -2.35. The molecule has 1 heterocycles. The molecule has 10 heteroatoms. The fourth-order valence-corrected chi connectivity index (χ4v) is 3.25. The minimum atomic E-state index is -4.36. The summed E-state index contributed by atoms with van der Waals surface area (Å²) in [5, 5.41) is 0. The van der Waals surface area contributed by atoms with Gasteiger partial charge in [-0.1, -0.05) is 0 Å². The van der Waals surface area contributed by atoms with Gasteiger partial charge < -0.3 is 4.57 Å². The summed E-state index contributed by atoms with van der Waals surface area (Å²) in [4.78, 5) is 23.0. The molecule has 7 nitrogen and oxygen atoms in total. The van der Waals surface area contributed by atoms with E-state index in [1.807, 2.05) is 0 Å². The molecule has 124 valence electrons. The van der Waals surface area contributed by atoms with Gasteiger partial charge in [-0.05, 0) is 12.1 Å². The summed E-state index contributed by atoms with van der Waals surface area (Å²) in [5.41, 5.74) is -1.87. The molecule has 0 N–H and O–H groups in total. The van der Waals surface area contributed by atoms with Gasteiger partial charge >= 0.3 is 5.69 Å². The molecule has 0 bridgehead atoms. The number of rotatable bonds is 3. The Kier molecular flexibility index (Phi) is 4.12. The number of hydrogen-bond acceptors (Lipinski definition) is 4. The number of aromatic nitrogens is 2. The summed E-state index contributed by atoms with van der Waals surface area (Å²) in [6.07, 6.45) is 0.885. The highest BCUT2D eigenvalue weighted by molar-refractivity contribution is 7.92. The van der Waals surface area contributed by atoms with Crippen molar-refractivity contribution >= 4 is 15.7 Å². The van der Waals surface area contributed by atoms with Crippen molar-refractivity contribution in [2.75, 3.05) is 11.4 Å². The topological polar surface area (TPSA) is 81.4 Å². The first kappa shape index (κ1) is 16.9. The van der Waals surface area contributed by atoms with E-state index < -0.39 is 37.8 Å². The van der Waals surface area contributed by atoms with E-state index in [1.165, 1.54) is 7.05 Å². The van der Waals surface area contributed by atoms with E-state index in [9.17, 15) is 26.8 Å². The summed E-state index contributed by atoms with van der Waals surface area (Å²) in [6, 6.07) is 2.53. The predicted octanol–water partition coefficient (Wildman–Crippen LogP) is 0.187.